The number of anilines is 2. The Labute approximate surface area is 222 Å². The van der Waals surface area contributed by atoms with E-state index < -0.39 is 0 Å². The van der Waals surface area contributed by atoms with E-state index >= 15 is 0 Å². The molecule has 0 radical (unpaired) electrons. The van der Waals surface area contributed by atoms with Crippen molar-refractivity contribution in [2.24, 2.45) is 10.4 Å². The van der Waals surface area contributed by atoms with Crippen molar-refractivity contribution in [2.75, 3.05) is 45.7 Å². The number of aliphatic imine (C=N–C) groups is 1. The topological polar surface area (TPSA) is 100 Å². The Kier molecular flexibility index (Phi) is 7.22. The van der Waals surface area contributed by atoms with Crippen molar-refractivity contribution in [3.8, 4) is 0 Å². The van der Waals surface area contributed by atoms with Crippen LogP contribution in [0.25, 0.3) is 5.70 Å². The molecule has 2 atom stereocenters. The number of nitrogens with one attached hydrogen (secondary N) is 2. The van der Waals surface area contributed by atoms with Gasteiger partial charge in [0.1, 0.15) is 0 Å². The van der Waals surface area contributed by atoms with Crippen molar-refractivity contribution in [3.05, 3.63) is 35.1 Å². The zero-order chi connectivity index (χ0) is 25.2. The second kappa shape index (κ2) is 10.7. The summed E-state index contributed by atoms with van der Waals surface area (Å²) >= 11 is 1.55. The van der Waals surface area contributed by atoms with Crippen LogP contribution in [0.2, 0.25) is 0 Å². The smallest absolute Gasteiger partial charge is 0.228 e. The van der Waals surface area contributed by atoms with Crippen molar-refractivity contribution in [1.82, 2.24) is 30.1 Å². The van der Waals surface area contributed by atoms with Gasteiger partial charge in [0.2, 0.25) is 12.3 Å². The normalized spacial score (nSPS) is 25.8. The van der Waals surface area contributed by atoms with Gasteiger partial charge in [-0.05, 0) is 52.3 Å². The molecule has 4 aliphatic rings. The second-order valence-corrected chi connectivity index (χ2v) is 11.9. The quantitative estimate of drug-likeness (QED) is 0.540. The fraction of sp³-hybridized carbons (Fsp3) is 0.615. The molecule has 3 fully saturated rings. The molecule has 11 heteroatoms. The molecule has 198 valence electrons. The summed E-state index contributed by atoms with van der Waals surface area (Å²) in [6.45, 7) is 4.92. The first-order valence-electron chi connectivity index (χ1n) is 13.2. The maximum atomic E-state index is 6.28. The van der Waals surface area contributed by atoms with Crippen LogP contribution in [0, 0.1) is 5.41 Å². The van der Waals surface area contributed by atoms with Crippen LogP contribution in [-0.4, -0.2) is 89.9 Å². The number of likely N-dealkylation sites (N-methyl/N-ethyl adjacent to an activating group) is 1. The van der Waals surface area contributed by atoms with Crippen LogP contribution in [0.1, 0.15) is 42.5 Å². The molecule has 2 unspecified atom stereocenters. The monoisotopic (exact) mass is 524 g/mol. The van der Waals surface area contributed by atoms with Gasteiger partial charge in [0.15, 0.2) is 5.13 Å². The zero-order valence-electron chi connectivity index (χ0n) is 21.6. The predicted molar refractivity (Wildman–Crippen MR) is 145 cm³/mol. The van der Waals surface area contributed by atoms with Crippen LogP contribution in [-0.2, 0) is 16.0 Å². The summed E-state index contributed by atoms with van der Waals surface area (Å²) in [7, 11) is 4.30. The van der Waals surface area contributed by atoms with Gasteiger partial charge in [-0.1, -0.05) is 11.3 Å². The molecule has 0 amide bonds. The Hall–Kier alpha value is -2.44. The summed E-state index contributed by atoms with van der Waals surface area (Å²) in [5, 5.41) is 7.40. The molecular formula is C26H36N8O2S. The molecule has 5 heterocycles. The minimum absolute atomic E-state index is 0.235. The third-order valence-electron chi connectivity index (χ3n) is 7.95. The van der Waals surface area contributed by atoms with E-state index in [1.165, 1.54) is 19.3 Å². The Morgan fingerprint density at radius 2 is 1.97 bits per heavy atom. The van der Waals surface area contributed by atoms with Gasteiger partial charge >= 0.3 is 0 Å². The number of nitrogens with zero attached hydrogens (tertiary/aromatic N) is 6. The highest BCUT2D eigenvalue weighted by Gasteiger charge is 2.42. The highest BCUT2D eigenvalue weighted by molar-refractivity contribution is 7.16. The number of hydrogen-bond acceptors (Lipinski definition) is 11. The van der Waals surface area contributed by atoms with E-state index in [-0.39, 0.29) is 12.5 Å². The lowest BCUT2D eigenvalue weighted by Crippen LogP contribution is -2.47. The lowest BCUT2D eigenvalue weighted by atomic mass is 9.72. The molecule has 6 rings (SSSR count). The highest BCUT2D eigenvalue weighted by atomic mass is 32.1. The van der Waals surface area contributed by atoms with E-state index in [9.17, 15) is 0 Å². The minimum atomic E-state index is -0.366. The molecular weight excluding hydrogens is 488 g/mol. The summed E-state index contributed by atoms with van der Waals surface area (Å²) in [4.78, 5) is 23.8. The van der Waals surface area contributed by atoms with E-state index in [2.05, 4.69) is 54.5 Å². The Balaban J connectivity index is 0.990. The minimum Gasteiger partial charge on any atom is -0.380 e. The van der Waals surface area contributed by atoms with E-state index in [1.54, 1.807) is 11.3 Å². The fourth-order valence-corrected chi connectivity index (χ4v) is 6.32. The lowest BCUT2D eigenvalue weighted by molar-refractivity contribution is -0.153. The van der Waals surface area contributed by atoms with Gasteiger partial charge in [0.05, 0.1) is 29.9 Å². The third-order valence-corrected chi connectivity index (χ3v) is 8.90. The average Bonchev–Trinajstić information content (AvgIpc) is 3.55. The third kappa shape index (κ3) is 5.85. The standard InChI is InChI=1S/C26H36N8O2S/c1-33(2)19-6-10-34(15-19)14-18-11-28-23(29-12-18)32-25-30-13-22(37-25)21-5-9-27-24(31-21)36-20-3-7-26(8-4-20)16-35-17-26/h5,9,11-13,19-20,24,31H,3-4,6-8,10,14-17H2,1-2H3,(H,28,29,30,32). The second-order valence-electron chi connectivity index (χ2n) is 10.9. The van der Waals surface area contributed by atoms with Gasteiger partial charge in [-0.2, -0.15) is 0 Å². The molecule has 0 aromatic carbocycles. The first-order chi connectivity index (χ1) is 18.0. The van der Waals surface area contributed by atoms with Gasteiger partial charge in [-0.25, -0.2) is 19.9 Å². The molecule has 10 nitrogen and oxygen atoms in total. The van der Waals surface area contributed by atoms with Gasteiger partial charge in [0.25, 0.3) is 0 Å². The summed E-state index contributed by atoms with van der Waals surface area (Å²) in [6, 6.07) is 0.630. The molecule has 0 bridgehead atoms. The number of aromatic nitrogens is 3. The molecule has 2 saturated heterocycles. The first-order valence-corrected chi connectivity index (χ1v) is 14.0. The zero-order valence-corrected chi connectivity index (χ0v) is 22.4. The van der Waals surface area contributed by atoms with Crippen molar-refractivity contribution in [3.63, 3.8) is 0 Å². The van der Waals surface area contributed by atoms with E-state index in [1.807, 2.05) is 30.9 Å². The van der Waals surface area contributed by atoms with Crippen molar-refractivity contribution in [2.45, 2.75) is 57.1 Å². The Morgan fingerprint density at radius 3 is 2.68 bits per heavy atom. The molecule has 2 N–H and O–H groups in total. The van der Waals surface area contributed by atoms with Crippen LogP contribution in [0.15, 0.2) is 29.7 Å². The summed E-state index contributed by atoms with van der Waals surface area (Å²) in [6.07, 6.45) is 15.0. The van der Waals surface area contributed by atoms with Crippen LogP contribution in [0.3, 0.4) is 0 Å². The maximum Gasteiger partial charge on any atom is 0.228 e. The van der Waals surface area contributed by atoms with Crippen LogP contribution >= 0.6 is 11.3 Å². The van der Waals surface area contributed by atoms with Gasteiger partial charge in [0, 0.05) is 61.5 Å². The van der Waals surface area contributed by atoms with Crippen LogP contribution in [0.4, 0.5) is 11.1 Å². The van der Waals surface area contributed by atoms with Crippen molar-refractivity contribution in [1.29, 1.82) is 0 Å². The SMILES string of the molecule is CN(C)C1CCN(Cc2cnc(Nc3ncc(C4=CC=NC(OC5CCC6(CC5)COC6)N4)s3)nc2)C1. The molecule has 1 aliphatic carbocycles. The number of hydrogen-bond donors (Lipinski definition) is 2. The van der Waals surface area contributed by atoms with E-state index in [0.29, 0.717) is 17.4 Å². The Bertz CT molecular complexity index is 1120. The van der Waals surface area contributed by atoms with Crippen LogP contribution in [0.5, 0.6) is 0 Å². The summed E-state index contributed by atoms with van der Waals surface area (Å²) in [5.41, 5.74) is 2.51. The van der Waals surface area contributed by atoms with Gasteiger partial charge < -0.3 is 25.0 Å². The lowest BCUT2D eigenvalue weighted by Gasteiger charge is -2.46. The number of allylic oxidation sites excluding steroid dienone is 1. The largest absolute Gasteiger partial charge is 0.380 e. The average molecular weight is 525 g/mol. The van der Waals surface area contributed by atoms with E-state index in [0.717, 1.165) is 67.0 Å². The van der Waals surface area contributed by atoms with Crippen molar-refractivity contribution < 1.29 is 9.47 Å². The summed E-state index contributed by atoms with van der Waals surface area (Å²) in [5.74, 6) is 0.553. The molecule has 1 spiro atoms. The fourth-order valence-electron chi connectivity index (χ4n) is 5.53. The van der Waals surface area contributed by atoms with Gasteiger partial charge in [-0.15, -0.1) is 0 Å². The molecule has 1 saturated carbocycles. The molecule has 37 heavy (non-hydrogen) atoms. The van der Waals surface area contributed by atoms with Crippen LogP contribution < -0.4 is 10.6 Å². The molecule has 2 aromatic rings. The van der Waals surface area contributed by atoms with Gasteiger partial charge in [-0.3, -0.25) is 4.90 Å². The van der Waals surface area contributed by atoms with Crippen molar-refractivity contribution >= 4 is 34.3 Å². The summed E-state index contributed by atoms with van der Waals surface area (Å²) < 4.78 is 11.7. The maximum absolute atomic E-state index is 6.28. The Morgan fingerprint density at radius 1 is 1.16 bits per heavy atom. The molecule has 2 aromatic heterocycles. The van der Waals surface area contributed by atoms with E-state index in [4.69, 9.17) is 9.47 Å². The highest BCUT2D eigenvalue weighted by Crippen LogP contribution is 2.43. The number of likely N-dealkylation sites (tertiary alicyclic amines) is 1. The number of rotatable bonds is 8. The first kappa shape index (κ1) is 24.9. The number of ether oxygens (including phenoxy) is 2. The number of thiazole rings is 1. The molecule has 3 aliphatic heterocycles. The predicted octanol–water partition coefficient (Wildman–Crippen LogP) is 3.09.